The number of para-hydroxylation sites is 1. The Morgan fingerprint density at radius 2 is 2.10 bits per heavy atom. The average Bonchev–Trinajstić information content (AvgIpc) is 3.15. The van der Waals surface area contributed by atoms with Gasteiger partial charge in [-0.1, -0.05) is 41.3 Å². The van der Waals surface area contributed by atoms with Crippen molar-refractivity contribution in [1.82, 2.24) is 19.7 Å². The minimum absolute atomic E-state index is 0.0479. The van der Waals surface area contributed by atoms with E-state index < -0.39 is 0 Å². The second-order valence-electron chi connectivity index (χ2n) is 7.15. The number of hydrogen-bond donors (Lipinski definition) is 0. The van der Waals surface area contributed by atoms with Gasteiger partial charge in [-0.2, -0.15) is 0 Å². The van der Waals surface area contributed by atoms with Gasteiger partial charge in [0.25, 0.3) is 0 Å². The first-order chi connectivity index (χ1) is 14.7. The highest BCUT2D eigenvalue weighted by Crippen LogP contribution is 2.39. The number of anilines is 1. The second kappa shape index (κ2) is 8.49. The second-order valence-corrected chi connectivity index (χ2v) is 10.1. The highest BCUT2D eigenvalue weighted by molar-refractivity contribution is 7.99. The van der Waals surface area contributed by atoms with E-state index in [9.17, 15) is 4.79 Å². The molecule has 1 aliphatic carbocycles. The molecule has 4 aromatic rings. The van der Waals surface area contributed by atoms with Crippen molar-refractivity contribution in [2.45, 2.75) is 37.4 Å². The summed E-state index contributed by atoms with van der Waals surface area (Å²) in [6.45, 7) is 2.58. The molecule has 9 heteroatoms. The Morgan fingerprint density at radius 3 is 2.83 bits per heavy atom. The molecule has 0 atom stereocenters. The average molecular weight is 456 g/mol. The maximum Gasteiger partial charge on any atom is 0.239 e. The number of thioether (sulfide) groups is 1. The maximum atomic E-state index is 13.0. The van der Waals surface area contributed by atoms with Crippen LogP contribution in [0.15, 0.2) is 46.9 Å². The zero-order chi connectivity index (χ0) is 20.5. The molecule has 0 aliphatic heterocycles. The van der Waals surface area contributed by atoms with Gasteiger partial charge in [0.05, 0.1) is 16.0 Å². The van der Waals surface area contributed by atoms with Crippen LogP contribution in [0.1, 0.15) is 36.5 Å². The van der Waals surface area contributed by atoms with Crippen molar-refractivity contribution in [1.29, 1.82) is 0 Å². The summed E-state index contributed by atoms with van der Waals surface area (Å²) in [5.74, 6) is 1.37. The van der Waals surface area contributed by atoms with Gasteiger partial charge in [0.2, 0.25) is 5.91 Å². The van der Waals surface area contributed by atoms with Crippen LogP contribution in [0.3, 0.4) is 0 Å². The number of thiophene rings is 1. The summed E-state index contributed by atoms with van der Waals surface area (Å²) in [7, 11) is 0. The van der Waals surface area contributed by atoms with Gasteiger partial charge >= 0.3 is 0 Å². The monoisotopic (exact) mass is 455 g/mol. The summed E-state index contributed by atoms with van der Waals surface area (Å²) in [6.07, 6.45) is 3.11. The standard InChI is InChI=1S/C21H21N5OS3/c1-2-25(20-22-16-7-3-4-8-17(16)30-20)19(27)13-29-21-24-23-18(26(21)14-9-10-14)12-15-6-5-11-28-15/h3-8,11,14H,2,9-10,12-13H2,1H3. The molecule has 1 aromatic carbocycles. The van der Waals surface area contributed by atoms with Gasteiger partial charge in [0.15, 0.2) is 10.3 Å². The maximum absolute atomic E-state index is 13.0. The van der Waals surface area contributed by atoms with E-state index in [0.29, 0.717) is 18.3 Å². The predicted octanol–water partition coefficient (Wildman–Crippen LogP) is 5.02. The van der Waals surface area contributed by atoms with Crippen LogP contribution >= 0.6 is 34.4 Å². The Labute approximate surface area is 187 Å². The lowest BCUT2D eigenvalue weighted by atomic mass is 10.3. The van der Waals surface area contributed by atoms with Gasteiger partial charge < -0.3 is 4.57 Å². The molecular weight excluding hydrogens is 434 g/mol. The zero-order valence-corrected chi connectivity index (χ0v) is 19.0. The third-order valence-electron chi connectivity index (χ3n) is 5.02. The number of nitrogens with zero attached hydrogens (tertiary/aromatic N) is 5. The summed E-state index contributed by atoms with van der Waals surface area (Å²) < 4.78 is 3.34. The Hall–Kier alpha value is -2.23. The van der Waals surface area contributed by atoms with E-state index in [2.05, 4.69) is 37.3 Å². The van der Waals surface area contributed by atoms with Crippen LogP contribution in [0.4, 0.5) is 5.13 Å². The van der Waals surface area contributed by atoms with Crippen LogP contribution in [0, 0.1) is 0 Å². The largest absolute Gasteiger partial charge is 0.303 e. The lowest BCUT2D eigenvalue weighted by molar-refractivity contribution is -0.116. The van der Waals surface area contributed by atoms with Gasteiger partial charge in [-0.3, -0.25) is 9.69 Å². The van der Waals surface area contributed by atoms with Gasteiger partial charge in [0, 0.05) is 23.9 Å². The van der Waals surface area contributed by atoms with Gasteiger partial charge in [0.1, 0.15) is 5.82 Å². The number of carbonyl (C=O) groups excluding carboxylic acids is 1. The van der Waals surface area contributed by atoms with E-state index >= 15 is 0 Å². The number of rotatable bonds is 8. The lowest BCUT2D eigenvalue weighted by Gasteiger charge is -2.17. The molecule has 1 aliphatic rings. The van der Waals surface area contributed by atoms with Crippen molar-refractivity contribution in [3.05, 3.63) is 52.5 Å². The minimum Gasteiger partial charge on any atom is -0.303 e. The van der Waals surface area contributed by atoms with Gasteiger partial charge in [-0.25, -0.2) is 4.98 Å². The van der Waals surface area contributed by atoms with Crippen LogP contribution in [-0.2, 0) is 11.2 Å². The Kier molecular flexibility index (Phi) is 5.58. The zero-order valence-electron chi connectivity index (χ0n) is 16.5. The van der Waals surface area contributed by atoms with Crippen molar-refractivity contribution < 1.29 is 4.79 Å². The first kappa shape index (κ1) is 19.7. The minimum atomic E-state index is 0.0479. The van der Waals surface area contributed by atoms with Crippen molar-refractivity contribution in [2.24, 2.45) is 0 Å². The number of aromatic nitrogens is 4. The van der Waals surface area contributed by atoms with Crippen molar-refractivity contribution >= 4 is 55.7 Å². The molecule has 1 saturated carbocycles. The fraction of sp³-hybridized carbons (Fsp3) is 0.333. The SMILES string of the molecule is CCN(C(=O)CSc1nnc(Cc2cccs2)n1C1CC1)c1nc2ccccc2s1. The summed E-state index contributed by atoms with van der Waals surface area (Å²) in [4.78, 5) is 20.7. The van der Waals surface area contributed by atoms with Crippen LogP contribution in [0.5, 0.6) is 0 Å². The summed E-state index contributed by atoms with van der Waals surface area (Å²) >= 11 is 4.78. The third-order valence-corrected chi connectivity index (χ3v) is 7.88. The highest BCUT2D eigenvalue weighted by atomic mass is 32.2. The molecule has 3 heterocycles. The molecule has 1 fully saturated rings. The van der Waals surface area contributed by atoms with Crippen molar-refractivity contribution in [2.75, 3.05) is 17.2 Å². The molecule has 0 spiro atoms. The number of carbonyl (C=O) groups is 1. The fourth-order valence-corrected chi connectivity index (χ4v) is 6.04. The van der Waals surface area contributed by atoms with E-state index in [1.165, 1.54) is 16.6 Å². The summed E-state index contributed by atoms with van der Waals surface area (Å²) in [5.41, 5.74) is 0.933. The van der Waals surface area contributed by atoms with E-state index in [4.69, 9.17) is 0 Å². The van der Waals surface area contributed by atoms with Gasteiger partial charge in [-0.05, 0) is 43.3 Å². The number of amides is 1. The van der Waals surface area contributed by atoms with Crippen LogP contribution in [-0.4, -0.2) is 38.0 Å². The molecule has 0 unspecified atom stereocenters. The lowest BCUT2D eigenvalue weighted by Crippen LogP contribution is -2.32. The number of fused-ring (bicyclic) bond motifs is 1. The van der Waals surface area contributed by atoms with E-state index in [1.54, 1.807) is 27.6 Å². The Balaban J connectivity index is 1.31. The molecule has 154 valence electrons. The molecular formula is C21H21N5OS3. The normalized spacial score (nSPS) is 13.8. The Bertz CT molecular complexity index is 1130. The quantitative estimate of drug-likeness (QED) is 0.349. The molecule has 0 bridgehead atoms. The van der Waals surface area contributed by atoms with Gasteiger partial charge in [-0.15, -0.1) is 21.5 Å². The fourth-order valence-electron chi connectivity index (χ4n) is 3.39. The summed E-state index contributed by atoms with van der Waals surface area (Å²) in [5, 5.41) is 12.6. The first-order valence-electron chi connectivity index (χ1n) is 9.98. The molecule has 0 radical (unpaired) electrons. The molecule has 1 amide bonds. The molecule has 6 nitrogen and oxygen atoms in total. The number of thiazole rings is 1. The van der Waals surface area contributed by atoms with E-state index in [-0.39, 0.29) is 5.91 Å². The topological polar surface area (TPSA) is 63.9 Å². The molecule has 5 rings (SSSR count). The van der Waals surface area contributed by atoms with E-state index in [0.717, 1.165) is 45.6 Å². The molecule has 30 heavy (non-hydrogen) atoms. The smallest absolute Gasteiger partial charge is 0.239 e. The van der Waals surface area contributed by atoms with E-state index in [1.807, 2.05) is 31.2 Å². The third kappa shape index (κ3) is 4.01. The molecule has 0 N–H and O–H groups in total. The predicted molar refractivity (Wildman–Crippen MR) is 124 cm³/mol. The number of hydrogen-bond acceptors (Lipinski definition) is 7. The summed E-state index contributed by atoms with van der Waals surface area (Å²) in [6, 6.07) is 12.7. The van der Waals surface area contributed by atoms with Crippen LogP contribution < -0.4 is 4.90 Å². The van der Waals surface area contributed by atoms with Crippen LogP contribution in [0.25, 0.3) is 10.2 Å². The van der Waals surface area contributed by atoms with Crippen LogP contribution in [0.2, 0.25) is 0 Å². The number of benzene rings is 1. The van der Waals surface area contributed by atoms with Crippen molar-refractivity contribution in [3.8, 4) is 0 Å². The highest BCUT2D eigenvalue weighted by Gasteiger charge is 2.30. The molecule has 3 aromatic heterocycles. The molecule has 0 saturated heterocycles. The Morgan fingerprint density at radius 1 is 1.23 bits per heavy atom. The van der Waals surface area contributed by atoms with Crippen molar-refractivity contribution in [3.63, 3.8) is 0 Å². The first-order valence-corrected chi connectivity index (χ1v) is 12.7.